The molecule has 0 atom stereocenters. The zero-order valence-corrected chi connectivity index (χ0v) is 10.8. The van der Waals surface area contributed by atoms with Crippen molar-refractivity contribution in [2.45, 2.75) is 6.92 Å². The Bertz CT molecular complexity index is 667. The number of hydrogen-bond donors (Lipinski definition) is 2. The predicted octanol–water partition coefficient (Wildman–Crippen LogP) is 3.56. The summed E-state index contributed by atoms with van der Waals surface area (Å²) in [6.45, 7) is 1.66. The van der Waals surface area contributed by atoms with Crippen molar-refractivity contribution in [3.05, 3.63) is 75.4 Å². The second-order valence-corrected chi connectivity index (χ2v) is 4.37. The van der Waals surface area contributed by atoms with Gasteiger partial charge < -0.3 is 10.2 Å². The summed E-state index contributed by atoms with van der Waals surface area (Å²) >= 11 is 0. The van der Waals surface area contributed by atoms with Crippen molar-refractivity contribution in [3.8, 4) is 5.75 Å². The lowest BCUT2D eigenvalue weighted by Crippen LogP contribution is -1.94. The minimum atomic E-state index is -0.681. The number of aliphatic hydroxyl groups excluding tert-OH is 1. The third-order valence-electron chi connectivity index (χ3n) is 2.83. The molecule has 0 saturated carbocycles. The van der Waals surface area contributed by atoms with E-state index in [4.69, 9.17) is 0 Å². The number of hydrogen-bond acceptors (Lipinski definition) is 4. The van der Waals surface area contributed by atoms with E-state index in [9.17, 15) is 20.3 Å². The van der Waals surface area contributed by atoms with Crippen molar-refractivity contribution in [1.82, 2.24) is 0 Å². The highest BCUT2D eigenvalue weighted by Gasteiger charge is 2.19. The van der Waals surface area contributed by atoms with E-state index in [0.29, 0.717) is 5.56 Å². The molecule has 0 unspecified atom stereocenters. The summed E-state index contributed by atoms with van der Waals surface area (Å²) in [4.78, 5) is 10.1. The van der Waals surface area contributed by atoms with Crippen molar-refractivity contribution in [2.75, 3.05) is 0 Å². The van der Waals surface area contributed by atoms with Gasteiger partial charge in [-0.2, -0.15) is 0 Å². The Hall–Kier alpha value is -2.82. The van der Waals surface area contributed by atoms with Crippen molar-refractivity contribution < 1.29 is 15.1 Å². The SMILES string of the molecule is Cc1cc(C(O)=CC=C2C=CC=C2)c(O)c([N+](=O)[O-])c1. The summed E-state index contributed by atoms with van der Waals surface area (Å²) in [6.07, 6.45) is 10.5. The fourth-order valence-electron chi connectivity index (χ4n) is 1.86. The van der Waals surface area contributed by atoms with E-state index < -0.39 is 16.4 Å². The van der Waals surface area contributed by atoms with Crippen LogP contribution in [0.15, 0.2) is 54.2 Å². The molecule has 0 aromatic heterocycles. The van der Waals surface area contributed by atoms with Crippen LogP contribution in [0.2, 0.25) is 0 Å². The van der Waals surface area contributed by atoms with Crippen LogP contribution in [-0.2, 0) is 0 Å². The lowest BCUT2D eigenvalue weighted by Gasteiger charge is -2.05. The number of benzene rings is 1. The highest BCUT2D eigenvalue weighted by molar-refractivity contribution is 5.71. The zero-order valence-electron chi connectivity index (χ0n) is 10.8. The van der Waals surface area contributed by atoms with Crippen LogP contribution in [0.25, 0.3) is 5.76 Å². The van der Waals surface area contributed by atoms with Crippen molar-refractivity contribution in [2.24, 2.45) is 0 Å². The summed E-state index contributed by atoms with van der Waals surface area (Å²) in [5.41, 5.74) is 1.09. The summed E-state index contributed by atoms with van der Waals surface area (Å²) in [6, 6.07) is 2.75. The number of rotatable bonds is 3. The van der Waals surface area contributed by atoms with Gasteiger partial charge in [0, 0.05) is 6.07 Å². The van der Waals surface area contributed by atoms with Crippen LogP contribution in [0.5, 0.6) is 5.75 Å². The molecule has 5 nitrogen and oxygen atoms in total. The molecule has 0 heterocycles. The first-order valence-corrected chi connectivity index (χ1v) is 5.93. The largest absolute Gasteiger partial charge is 0.507 e. The number of phenols is 1. The maximum atomic E-state index is 10.8. The van der Waals surface area contributed by atoms with Gasteiger partial charge >= 0.3 is 5.69 Å². The molecule has 1 aromatic rings. The average molecular weight is 271 g/mol. The molecule has 0 saturated heterocycles. The molecular formula is C15H13NO4. The van der Waals surface area contributed by atoms with Crippen LogP contribution < -0.4 is 0 Å². The molecule has 0 bridgehead atoms. The van der Waals surface area contributed by atoms with Crippen LogP contribution in [0, 0.1) is 17.0 Å². The van der Waals surface area contributed by atoms with Crippen LogP contribution in [-0.4, -0.2) is 15.1 Å². The molecule has 5 heteroatoms. The van der Waals surface area contributed by atoms with Crippen molar-refractivity contribution in [3.63, 3.8) is 0 Å². The van der Waals surface area contributed by atoms with Gasteiger partial charge in [-0.3, -0.25) is 10.1 Å². The Labute approximate surface area is 115 Å². The normalized spacial score (nSPS) is 13.8. The molecule has 1 aromatic carbocycles. The monoisotopic (exact) mass is 271 g/mol. The topological polar surface area (TPSA) is 83.6 Å². The third kappa shape index (κ3) is 2.77. The fraction of sp³-hybridized carbons (Fsp3) is 0.0667. The zero-order chi connectivity index (χ0) is 14.7. The van der Waals surface area contributed by atoms with E-state index in [2.05, 4.69) is 0 Å². The van der Waals surface area contributed by atoms with E-state index in [1.807, 2.05) is 24.3 Å². The standard InChI is InChI=1S/C15H13NO4/c1-10-8-12(15(18)13(9-10)16(19)20)14(17)7-6-11-4-2-3-5-11/h2-9,17-18H,1H3. The Balaban J connectivity index is 2.44. The number of nitro groups is 1. The minimum absolute atomic E-state index is 0.0412. The number of nitrogens with zero attached hydrogens (tertiary/aromatic N) is 1. The van der Waals surface area contributed by atoms with Gasteiger partial charge in [0.2, 0.25) is 5.75 Å². The first-order valence-electron chi connectivity index (χ1n) is 5.93. The van der Waals surface area contributed by atoms with E-state index in [1.165, 1.54) is 18.2 Å². The molecule has 2 N–H and O–H groups in total. The molecule has 20 heavy (non-hydrogen) atoms. The molecule has 1 aliphatic rings. The summed E-state index contributed by atoms with van der Waals surface area (Å²) in [5.74, 6) is -0.763. The summed E-state index contributed by atoms with van der Waals surface area (Å²) in [7, 11) is 0. The second kappa shape index (κ2) is 5.44. The Morgan fingerprint density at radius 2 is 1.95 bits per heavy atom. The highest BCUT2D eigenvalue weighted by atomic mass is 16.6. The van der Waals surface area contributed by atoms with E-state index in [-0.39, 0.29) is 11.3 Å². The van der Waals surface area contributed by atoms with Crippen molar-refractivity contribution >= 4 is 11.4 Å². The summed E-state index contributed by atoms with van der Waals surface area (Å²) < 4.78 is 0. The van der Waals surface area contributed by atoms with Crippen LogP contribution in [0.1, 0.15) is 11.1 Å². The van der Waals surface area contributed by atoms with Gasteiger partial charge in [0.1, 0.15) is 5.76 Å². The number of aryl methyl sites for hydroxylation is 1. The van der Waals surface area contributed by atoms with Crippen molar-refractivity contribution in [1.29, 1.82) is 0 Å². The Morgan fingerprint density at radius 3 is 2.55 bits per heavy atom. The fourth-order valence-corrected chi connectivity index (χ4v) is 1.86. The molecule has 102 valence electrons. The molecule has 0 spiro atoms. The number of aromatic hydroxyl groups is 1. The van der Waals surface area contributed by atoms with Gasteiger partial charge in [-0.1, -0.05) is 30.4 Å². The summed E-state index contributed by atoms with van der Waals surface area (Å²) in [5, 5.41) is 30.7. The Kier molecular flexibility index (Phi) is 3.70. The van der Waals surface area contributed by atoms with E-state index in [0.717, 1.165) is 5.57 Å². The average Bonchev–Trinajstić information content (AvgIpc) is 2.91. The lowest BCUT2D eigenvalue weighted by molar-refractivity contribution is -0.385. The van der Waals surface area contributed by atoms with Gasteiger partial charge in [0.25, 0.3) is 0 Å². The van der Waals surface area contributed by atoms with E-state index in [1.54, 1.807) is 13.0 Å². The maximum Gasteiger partial charge on any atom is 0.311 e. The molecule has 0 fully saturated rings. The first-order chi connectivity index (χ1) is 9.49. The van der Waals surface area contributed by atoms with Gasteiger partial charge in [-0.05, 0) is 30.2 Å². The number of nitro benzene ring substituents is 1. The molecule has 2 rings (SSSR count). The number of phenolic OH excluding ortho intramolecular Hbond substituents is 1. The quantitative estimate of drug-likeness (QED) is 0.500. The molecule has 1 aliphatic carbocycles. The smallest absolute Gasteiger partial charge is 0.311 e. The maximum absolute atomic E-state index is 10.8. The molecule has 0 amide bonds. The van der Waals surface area contributed by atoms with Crippen LogP contribution in [0.3, 0.4) is 0 Å². The Morgan fingerprint density at radius 1 is 1.30 bits per heavy atom. The van der Waals surface area contributed by atoms with Crippen LogP contribution in [0.4, 0.5) is 5.69 Å². The molecule has 0 radical (unpaired) electrons. The van der Waals surface area contributed by atoms with Gasteiger partial charge in [-0.25, -0.2) is 0 Å². The lowest BCUT2D eigenvalue weighted by atomic mass is 10.1. The molecule has 0 aliphatic heterocycles. The second-order valence-electron chi connectivity index (χ2n) is 4.37. The van der Waals surface area contributed by atoms with Gasteiger partial charge in [-0.15, -0.1) is 0 Å². The predicted molar refractivity (Wildman–Crippen MR) is 76.5 cm³/mol. The highest BCUT2D eigenvalue weighted by Crippen LogP contribution is 2.34. The molecular weight excluding hydrogens is 258 g/mol. The first kappa shape index (κ1) is 13.6. The number of allylic oxidation sites excluding steroid dienone is 7. The van der Waals surface area contributed by atoms with Gasteiger partial charge in [0.05, 0.1) is 10.5 Å². The third-order valence-corrected chi connectivity index (χ3v) is 2.83. The minimum Gasteiger partial charge on any atom is -0.507 e. The van der Waals surface area contributed by atoms with Crippen LogP contribution >= 0.6 is 0 Å². The number of aliphatic hydroxyl groups is 1. The van der Waals surface area contributed by atoms with E-state index >= 15 is 0 Å². The van der Waals surface area contributed by atoms with Gasteiger partial charge in [0.15, 0.2) is 0 Å².